The summed E-state index contributed by atoms with van der Waals surface area (Å²) in [7, 11) is 0. The van der Waals surface area contributed by atoms with Gasteiger partial charge in [-0.05, 0) is 46.6 Å². The molecule has 0 unspecified atom stereocenters. The molecular weight excluding hydrogens is 280 g/mol. The third-order valence-electron chi connectivity index (χ3n) is 4.31. The second kappa shape index (κ2) is 5.23. The molecule has 1 fully saturated rings. The summed E-state index contributed by atoms with van der Waals surface area (Å²) in [4.78, 5) is 18.5. The Morgan fingerprint density at radius 3 is 2.64 bits per heavy atom. The molecule has 5 heteroatoms. The Hall–Kier alpha value is -1.62. The highest BCUT2D eigenvalue weighted by Gasteiger charge is 2.44. The zero-order valence-corrected chi connectivity index (χ0v) is 13.8. The number of aryl methyl sites for hydroxylation is 1. The Labute approximate surface area is 131 Å². The first-order chi connectivity index (χ1) is 10.3. The molecule has 0 bridgehead atoms. The van der Waals surface area contributed by atoms with E-state index in [1.54, 1.807) is 4.90 Å². The number of pyridine rings is 1. The minimum absolute atomic E-state index is 0.234. The van der Waals surface area contributed by atoms with E-state index in [1.807, 2.05) is 33.8 Å². The standard InChI is InChI=1S/C17H24N2O3/c1-12-5-6-13-14(18-12)11-21-17(13)7-9-19(10-8-17)15(20)22-16(2,3)4/h5-6H,7-11H2,1-4H3. The summed E-state index contributed by atoms with van der Waals surface area (Å²) in [5.74, 6) is 0. The van der Waals surface area contributed by atoms with E-state index in [0.29, 0.717) is 19.7 Å². The van der Waals surface area contributed by atoms with Gasteiger partial charge in [-0.15, -0.1) is 0 Å². The molecule has 3 heterocycles. The lowest BCUT2D eigenvalue weighted by Gasteiger charge is -2.39. The fourth-order valence-corrected chi connectivity index (χ4v) is 3.21. The summed E-state index contributed by atoms with van der Waals surface area (Å²) in [5, 5.41) is 0. The van der Waals surface area contributed by atoms with E-state index in [1.165, 1.54) is 5.56 Å². The van der Waals surface area contributed by atoms with Crippen LogP contribution in [0.25, 0.3) is 0 Å². The van der Waals surface area contributed by atoms with Crippen LogP contribution >= 0.6 is 0 Å². The molecule has 22 heavy (non-hydrogen) atoms. The molecule has 2 aliphatic rings. The molecule has 0 radical (unpaired) electrons. The molecule has 2 aliphatic heterocycles. The van der Waals surface area contributed by atoms with Gasteiger partial charge >= 0.3 is 6.09 Å². The number of ether oxygens (including phenoxy) is 2. The Bertz CT molecular complexity index is 584. The van der Waals surface area contributed by atoms with Crippen molar-refractivity contribution in [2.75, 3.05) is 13.1 Å². The number of fused-ring (bicyclic) bond motifs is 2. The van der Waals surface area contributed by atoms with Crippen LogP contribution in [0.2, 0.25) is 0 Å². The predicted molar refractivity (Wildman–Crippen MR) is 82.5 cm³/mol. The molecule has 0 aliphatic carbocycles. The molecule has 120 valence electrons. The minimum Gasteiger partial charge on any atom is -0.444 e. The van der Waals surface area contributed by atoms with Gasteiger partial charge in [0.25, 0.3) is 0 Å². The number of aromatic nitrogens is 1. The van der Waals surface area contributed by atoms with Gasteiger partial charge in [0, 0.05) is 24.3 Å². The van der Waals surface area contributed by atoms with E-state index in [9.17, 15) is 4.79 Å². The highest BCUT2D eigenvalue weighted by molar-refractivity contribution is 5.68. The first-order valence-electron chi connectivity index (χ1n) is 7.88. The molecule has 0 N–H and O–H groups in total. The topological polar surface area (TPSA) is 51.7 Å². The number of carbonyl (C=O) groups is 1. The smallest absolute Gasteiger partial charge is 0.410 e. The van der Waals surface area contributed by atoms with Gasteiger partial charge in [-0.1, -0.05) is 6.07 Å². The number of nitrogens with zero attached hydrogens (tertiary/aromatic N) is 2. The van der Waals surface area contributed by atoms with Crippen molar-refractivity contribution in [1.29, 1.82) is 0 Å². The maximum absolute atomic E-state index is 12.2. The van der Waals surface area contributed by atoms with Crippen molar-refractivity contribution in [3.8, 4) is 0 Å². The zero-order valence-electron chi connectivity index (χ0n) is 13.8. The maximum atomic E-state index is 12.2. The molecule has 0 atom stereocenters. The third kappa shape index (κ3) is 2.82. The lowest BCUT2D eigenvalue weighted by Crippen LogP contribution is -2.46. The quantitative estimate of drug-likeness (QED) is 0.739. The molecule has 1 saturated heterocycles. The fourth-order valence-electron chi connectivity index (χ4n) is 3.21. The average molecular weight is 304 g/mol. The number of piperidine rings is 1. The Morgan fingerprint density at radius 2 is 2.00 bits per heavy atom. The van der Waals surface area contributed by atoms with E-state index >= 15 is 0 Å². The summed E-state index contributed by atoms with van der Waals surface area (Å²) in [5.41, 5.74) is 2.54. The molecule has 1 aromatic heterocycles. The van der Waals surface area contributed by atoms with Crippen LogP contribution in [0.1, 0.15) is 50.6 Å². The summed E-state index contributed by atoms with van der Waals surface area (Å²) in [6.45, 7) is 9.55. The van der Waals surface area contributed by atoms with Crippen LogP contribution < -0.4 is 0 Å². The fraction of sp³-hybridized carbons (Fsp3) is 0.647. The number of carbonyl (C=O) groups excluding carboxylic acids is 1. The third-order valence-corrected chi connectivity index (χ3v) is 4.31. The lowest BCUT2D eigenvalue weighted by molar-refractivity contribution is -0.0800. The summed E-state index contributed by atoms with van der Waals surface area (Å²) < 4.78 is 11.5. The summed E-state index contributed by atoms with van der Waals surface area (Å²) in [6.07, 6.45) is 1.36. The number of rotatable bonds is 0. The normalized spacial score (nSPS) is 20.1. The van der Waals surface area contributed by atoms with Crippen molar-refractivity contribution in [2.45, 2.75) is 58.3 Å². The van der Waals surface area contributed by atoms with Gasteiger partial charge in [0.05, 0.1) is 17.9 Å². The predicted octanol–water partition coefficient (Wildman–Crippen LogP) is 3.15. The van der Waals surface area contributed by atoms with Crippen LogP contribution in [0.3, 0.4) is 0 Å². The van der Waals surface area contributed by atoms with E-state index < -0.39 is 5.60 Å². The number of likely N-dealkylation sites (tertiary alicyclic amines) is 1. The van der Waals surface area contributed by atoms with Crippen molar-refractivity contribution in [1.82, 2.24) is 9.88 Å². The highest BCUT2D eigenvalue weighted by Crippen LogP contribution is 2.43. The van der Waals surface area contributed by atoms with E-state index in [0.717, 1.165) is 24.2 Å². The van der Waals surface area contributed by atoms with Crippen molar-refractivity contribution >= 4 is 6.09 Å². The first kappa shape index (κ1) is 15.3. The molecule has 0 saturated carbocycles. The number of hydrogen-bond acceptors (Lipinski definition) is 4. The molecular formula is C17H24N2O3. The second-order valence-corrected chi connectivity index (χ2v) is 7.20. The molecule has 1 aromatic rings. The van der Waals surface area contributed by atoms with Gasteiger partial charge in [0.2, 0.25) is 0 Å². The van der Waals surface area contributed by atoms with Gasteiger partial charge in [0.15, 0.2) is 0 Å². The van der Waals surface area contributed by atoms with Crippen molar-refractivity contribution in [3.63, 3.8) is 0 Å². The minimum atomic E-state index is -0.454. The zero-order chi connectivity index (χ0) is 16.0. The van der Waals surface area contributed by atoms with Gasteiger partial charge in [-0.3, -0.25) is 4.98 Å². The first-order valence-corrected chi connectivity index (χ1v) is 7.88. The van der Waals surface area contributed by atoms with Crippen LogP contribution in [0.4, 0.5) is 4.79 Å². The van der Waals surface area contributed by atoms with E-state index in [4.69, 9.17) is 9.47 Å². The SMILES string of the molecule is Cc1ccc2c(n1)COC21CCN(C(=O)OC(C)(C)C)CC1. The molecule has 1 amide bonds. The van der Waals surface area contributed by atoms with Gasteiger partial charge < -0.3 is 14.4 Å². The summed E-state index contributed by atoms with van der Waals surface area (Å²) >= 11 is 0. The highest BCUT2D eigenvalue weighted by atomic mass is 16.6. The van der Waals surface area contributed by atoms with Gasteiger partial charge in [-0.2, -0.15) is 0 Å². The van der Waals surface area contributed by atoms with Crippen LogP contribution in [0, 0.1) is 6.92 Å². The van der Waals surface area contributed by atoms with Crippen LogP contribution in [0.15, 0.2) is 12.1 Å². The van der Waals surface area contributed by atoms with Crippen LogP contribution in [-0.4, -0.2) is 34.7 Å². The van der Waals surface area contributed by atoms with Gasteiger partial charge in [-0.25, -0.2) is 4.79 Å². The Kier molecular flexibility index (Phi) is 3.63. The van der Waals surface area contributed by atoms with Crippen molar-refractivity contribution in [2.24, 2.45) is 0 Å². The Balaban J connectivity index is 1.69. The molecule has 1 spiro atoms. The summed E-state index contributed by atoms with van der Waals surface area (Å²) in [6, 6.07) is 4.17. The largest absolute Gasteiger partial charge is 0.444 e. The maximum Gasteiger partial charge on any atom is 0.410 e. The monoisotopic (exact) mass is 304 g/mol. The lowest BCUT2D eigenvalue weighted by atomic mass is 9.85. The van der Waals surface area contributed by atoms with E-state index in [2.05, 4.69) is 11.1 Å². The van der Waals surface area contributed by atoms with Crippen molar-refractivity contribution in [3.05, 3.63) is 29.1 Å². The van der Waals surface area contributed by atoms with Crippen molar-refractivity contribution < 1.29 is 14.3 Å². The number of amides is 1. The van der Waals surface area contributed by atoms with Crippen LogP contribution in [-0.2, 0) is 21.7 Å². The van der Waals surface area contributed by atoms with Crippen LogP contribution in [0.5, 0.6) is 0 Å². The van der Waals surface area contributed by atoms with Gasteiger partial charge in [0.1, 0.15) is 5.60 Å². The Morgan fingerprint density at radius 1 is 1.32 bits per heavy atom. The van der Waals surface area contributed by atoms with E-state index in [-0.39, 0.29) is 11.7 Å². The molecule has 3 rings (SSSR count). The molecule has 5 nitrogen and oxygen atoms in total. The number of hydrogen-bond donors (Lipinski definition) is 0. The molecule has 0 aromatic carbocycles. The average Bonchev–Trinajstić information content (AvgIpc) is 2.76. The second-order valence-electron chi connectivity index (χ2n) is 7.20.